The van der Waals surface area contributed by atoms with E-state index in [1.54, 1.807) is 23.3 Å². The molecule has 0 radical (unpaired) electrons. The molecule has 0 spiro atoms. The molecule has 1 aromatic rings. The molecular formula is C13H17BrN2O3S. The second-order valence-corrected chi connectivity index (χ2v) is 7.50. The number of nitrogens with one attached hydrogen (secondary N) is 1. The highest BCUT2D eigenvalue weighted by molar-refractivity contribution is 9.11. The monoisotopic (exact) mass is 360 g/mol. The number of thiophene rings is 1. The van der Waals surface area contributed by atoms with Gasteiger partial charge < -0.3 is 15.3 Å². The molecule has 2 N–H and O–H groups in total. The van der Waals surface area contributed by atoms with E-state index in [4.69, 9.17) is 0 Å². The van der Waals surface area contributed by atoms with Crippen molar-refractivity contribution in [1.29, 1.82) is 0 Å². The fraction of sp³-hybridized carbons (Fsp3) is 0.538. The Labute approximate surface area is 130 Å². The minimum absolute atomic E-state index is 0.207. The van der Waals surface area contributed by atoms with E-state index in [2.05, 4.69) is 21.2 Å². The van der Waals surface area contributed by atoms with Gasteiger partial charge in [-0.15, -0.1) is 11.3 Å². The van der Waals surface area contributed by atoms with E-state index in [0.29, 0.717) is 19.4 Å². The average molecular weight is 361 g/mol. The van der Waals surface area contributed by atoms with Crippen molar-refractivity contribution in [2.45, 2.75) is 25.8 Å². The minimum Gasteiger partial charge on any atom is -0.481 e. The number of carboxylic acid groups (broad SMARTS) is 1. The van der Waals surface area contributed by atoms with Crippen LogP contribution >= 0.6 is 27.3 Å². The van der Waals surface area contributed by atoms with Crippen LogP contribution < -0.4 is 5.32 Å². The fourth-order valence-corrected chi connectivity index (χ4v) is 3.42. The Morgan fingerprint density at radius 2 is 2.25 bits per heavy atom. The molecule has 1 fully saturated rings. The molecule has 0 bridgehead atoms. The van der Waals surface area contributed by atoms with E-state index in [1.807, 2.05) is 11.4 Å². The summed E-state index contributed by atoms with van der Waals surface area (Å²) in [5.74, 6) is -0.812. The quantitative estimate of drug-likeness (QED) is 0.847. The number of rotatable bonds is 5. The number of urea groups is 1. The molecule has 5 nitrogen and oxygen atoms in total. The molecule has 1 aliphatic rings. The van der Waals surface area contributed by atoms with Crippen molar-refractivity contribution >= 4 is 39.3 Å². The lowest BCUT2D eigenvalue weighted by atomic mass is 9.69. The average Bonchev–Trinajstić information content (AvgIpc) is 2.72. The van der Waals surface area contributed by atoms with Crippen LogP contribution in [0, 0.1) is 5.41 Å². The van der Waals surface area contributed by atoms with Crippen molar-refractivity contribution in [1.82, 2.24) is 10.2 Å². The Morgan fingerprint density at radius 1 is 1.55 bits per heavy atom. The van der Waals surface area contributed by atoms with Crippen molar-refractivity contribution in [2.24, 2.45) is 5.41 Å². The highest BCUT2D eigenvalue weighted by Gasteiger charge is 2.44. The number of carboxylic acids is 1. The first-order valence-electron chi connectivity index (χ1n) is 6.38. The van der Waals surface area contributed by atoms with Gasteiger partial charge in [0.05, 0.1) is 9.20 Å². The molecule has 1 aromatic heterocycles. The zero-order valence-electron chi connectivity index (χ0n) is 11.2. The minimum atomic E-state index is -0.812. The third kappa shape index (κ3) is 3.32. The van der Waals surface area contributed by atoms with Crippen molar-refractivity contribution in [2.75, 3.05) is 13.6 Å². The first kappa shape index (κ1) is 15.3. The lowest BCUT2D eigenvalue weighted by Gasteiger charge is -2.37. The first-order chi connectivity index (χ1) is 9.43. The van der Waals surface area contributed by atoms with Crippen LogP contribution in [-0.2, 0) is 11.3 Å². The van der Waals surface area contributed by atoms with Crippen LogP contribution in [0.1, 0.15) is 24.8 Å². The number of nitrogens with zero attached hydrogens (tertiary/aromatic N) is 1. The molecule has 1 saturated carbocycles. The molecule has 0 aliphatic heterocycles. The van der Waals surface area contributed by atoms with Gasteiger partial charge in [0.2, 0.25) is 0 Å². The second kappa shape index (κ2) is 6.13. The van der Waals surface area contributed by atoms with Crippen LogP contribution in [0.3, 0.4) is 0 Å². The summed E-state index contributed by atoms with van der Waals surface area (Å²) in [4.78, 5) is 24.7. The van der Waals surface area contributed by atoms with Crippen molar-refractivity contribution in [3.8, 4) is 0 Å². The molecule has 20 heavy (non-hydrogen) atoms. The van der Waals surface area contributed by atoms with Gasteiger partial charge in [0.1, 0.15) is 0 Å². The maximum Gasteiger partial charge on any atom is 0.317 e. The predicted octanol–water partition coefficient (Wildman–Crippen LogP) is 2.91. The normalized spacial score (nSPS) is 16.3. The van der Waals surface area contributed by atoms with Crippen LogP contribution in [0.5, 0.6) is 0 Å². The molecule has 110 valence electrons. The Bertz CT molecular complexity index is 513. The highest BCUT2D eigenvalue weighted by Crippen LogP contribution is 2.40. The Morgan fingerprint density at radius 3 is 2.70 bits per heavy atom. The van der Waals surface area contributed by atoms with Gasteiger partial charge in [-0.2, -0.15) is 0 Å². The third-order valence-electron chi connectivity index (χ3n) is 3.73. The molecule has 0 aromatic carbocycles. The SMILES string of the molecule is CN(Cc1csc(Br)c1)C(=O)NCC1(C(=O)O)CCC1. The van der Waals surface area contributed by atoms with E-state index >= 15 is 0 Å². The Balaban J connectivity index is 1.83. The first-order valence-corrected chi connectivity index (χ1v) is 8.05. The molecule has 1 aliphatic carbocycles. The Hall–Kier alpha value is -1.08. The lowest BCUT2D eigenvalue weighted by molar-refractivity contribution is -0.153. The molecule has 7 heteroatoms. The standard InChI is InChI=1S/C13H17BrN2O3S/c1-16(6-9-5-10(14)20-7-9)12(19)15-8-13(11(17)18)3-2-4-13/h5,7H,2-4,6,8H2,1H3,(H,15,19)(H,17,18). The molecule has 0 atom stereocenters. The van der Waals surface area contributed by atoms with Crippen LogP contribution in [0.15, 0.2) is 15.2 Å². The number of hydrogen-bond acceptors (Lipinski definition) is 3. The Kier molecular flexibility index (Phi) is 4.70. The summed E-state index contributed by atoms with van der Waals surface area (Å²) in [7, 11) is 1.70. The van der Waals surface area contributed by atoms with Crippen LogP contribution in [0.4, 0.5) is 4.79 Å². The summed E-state index contributed by atoms with van der Waals surface area (Å²) in [6, 6.07) is 1.74. The number of amides is 2. The second-order valence-electron chi connectivity index (χ2n) is 5.21. The molecule has 2 amide bonds. The van der Waals surface area contributed by atoms with E-state index in [1.165, 1.54) is 0 Å². The molecular weight excluding hydrogens is 344 g/mol. The summed E-state index contributed by atoms with van der Waals surface area (Å²) >= 11 is 4.96. The summed E-state index contributed by atoms with van der Waals surface area (Å²) in [6.45, 7) is 0.715. The third-order valence-corrected chi connectivity index (χ3v) is 5.28. The highest BCUT2D eigenvalue weighted by atomic mass is 79.9. The summed E-state index contributed by atoms with van der Waals surface area (Å²) in [5, 5.41) is 13.9. The van der Waals surface area contributed by atoms with Crippen LogP contribution in [-0.4, -0.2) is 35.6 Å². The van der Waals surface area contributed by atoms with E-state index in [-0.39, 0.29) is 12.6 Å². The number of carbonyl (C=O) groups is 2. The van der Waals surface area contributed by atoms with E-state index in [9.17, 15) is 14.7 Å². The van der Waals surface area contributed by atoms with Gasteiger partial charge >= 0.3 is 12.0 Å². The summed E-state index contributed by atoms with van der Waals surface area (Å²) in [6.07, 6.45) is 2.20. The zero-order chi connectivity index (χ0) is 14.8. The molecule has 1 heterocycles. The topological polar surface area (TPSA) is 69.6 Å². The number of aliphatic carboxylic acids is 1. The zero-order valence-corrected chi connectivity index (χ0v) is 13.6. The van der Waals surface area contributed by atoms with E-state index in [0.717, 1.165) is 15.8 Å². The molecule has 0 unspecified atom stereocenters. The predicted molar refractivity (Wildman–Crippen MR) is 80.8 cm³/mol. The van der Waals surface area contributed by atoms with Gasteiger partial charge in [-0.1, -0.05) is 6.42 Å². The number of carbonyl (C=O) groups excluding carboxylic acids is 1. The summed E-state index contributed by atoms with van der Waals surface area (Å²) in [5.41, 5.74) is 0.304. The van der Waals surface area contributed by atoms with Gasteiger partial charge in [0, 0.05) is 20.1 Å². The summed E-state index contributed by atoms with van der Waals surface area (Å²) < 4.78 is 1.03. The van der Waals surface area contributed by atoms with Gasteiger partial charge in [0.25, 0.3) is 0 Å². The fourth-order valence-electron chi connectivity index (χ4n) is 2.22. The van der Waals surface area contributed by atoms with Crippen LogP contribution in [0.2, 0.25) is 0 Å². The number of hydrogen-bond donors (Lipinski definition) is 2. The van der Waals surface area contributed by atoms with Crippen LogP contribution in [0.25, 0.3) is 0 Å². The maximum atomic E-state index is 12.0. The van der Waals surface area contributed by atoms with Gasteiger partial charge in [-0.25, -0.2) is 4.79 Å². The molecule has 2 rings (SSSR count). The number of halogens is 1. The van der Waals surface area contributed by atoms with E-state index < -0.39 is 11.4 Å². The lowest BCUT2D eigenvalue weighted by Crippen LogP contribution is -2.49. The van der Waals surface area contributed by atoms with Gasteiger partial charge in [0.15, 0.2) is 0 Å². The smallest absolute Gasteiger partial charge is 0.317 e. The van der Waals surface area contributed by atoms with Crippen molar-refractivity contribution in [3.05, 3.63) is 20.8 Å². The van der Waals surface area contributed by atoms with Crippen molar-refractivity contribution in [3.63, 3.8) is 0 Å². The molecule has 0 saturated heterocycles. The van der Waals surface area contributed by atoms with Crippen molar-refractivity contribution < 1.29 is 14.7 Å². The largest absolute Gasteiger partial charge is 0.481 e. The van der Waals surface area contributed by atoms with Gasteiger partial charge in [-0.3, -0.25) is 4.79 Å². The maximum absolute atomic E-state index is 12.0. The van der Waals surface area contributed by atoms with Gasteiger partial charge in [-0.05, 0) is 45.8 Å².